The van der Waals surface area contributed by atoms with Crippen LogP contribution in [-0.2, 0) is 6.42 Å². The summed E-state index contributed by atoms with van der Waals surface area (Å²) < 4.78 is 5.93. The van der Waals surface area contributed by atoms with Gasteiger partial charge in [0.15, 0.2) is 5.58 Å². The molecule has 0 saturated heterocycles. The Morgan fingerprint density at radius 1 is 1.45 bits per heavy atom. The van der Waals surface area contributed by atoms with Crippen LogP contribution < -0.4 is 11.1 Å². The summed E-state index contributed by atoms with van der Waals surface area (Å²) in [6, 6.07) is 5.49. The third-order valence-corrected chi connectivity index (χ3v) is 3.95. The van der Waals surface area contributed by atoms with Crippen molar-refractivity contribution in [3.63, 3.8) is 0 Å². The number of hydrogen-bond acceptors (Lipinski definition) is 4. The first-order chi connectivity index (χ1) is 9.69. The average Bonchev–Trinajstić information content (AvgIpc) is 2.97. The molecule has 0 radical (unpaired) electrons. The van der Waals surface area contributed by atoms with E-state index in [0.29, 0.717) is 11.1 Å². The second-order valence-electron chi connectivity index (χ2n) is 4.44. The van der Waals surface area contributed by atoms with Crippen LogP contribution in [0.4, 0.5) is 0 Å². The lowest BCUT2D eigenvalue weighted by atomic mass is 10.1. The summed E-state index contributed by atoms with van der Waals surface area (Å²) in [6.45, 7) is 0.869. The van der Waals surface area contributed by atoms with E-state index in [1.165, 1.54) is 0 Å². The minimum absolute atomic E-state index is 0.451. The summed E-state index contributed by atoms with van der Waals surface area (Å²) in [5, 5.41) is 10.5. The fraction of sp³-hybridized carbons (Fsp3) is 0.231. The molecule has 0 spiro atoms. The lowest BCUT2D eigenvalue weighted by Gasteiger charge is -1.99. The lowest BCUT2D eigenvalue weighted by molar-refractivity contribution is 0.555. The second kappa shape index (κ2) is 5.26. The second-order valence-corrected chi connectivity index (χ2v) is 5.24. The maximum Gasteiger partial charge on any atom is 0.417 e. The minimum Gasteiger partial charge on any atom is -0.408 e. The van der Waals surface area contributed by atoms with Gasteiger partial charge in [-0.3, -0.25) is 10.1 Å². The summed E-state index contributed by atoms with van der Waals surface area (Å²) in [6.07, 6.45) is 0.856. The van der Waals surface area contributed by atoms with Crippen LogP contribution in [0.15, 0.2) is 31.9 Å². The van der Waals surface area contributed by atoms with Crippen molar-refractivity contribution in [2.24, 2.45) is 0 Å². The molecule has 20 heavy (non-hydrogen) atoms. The Hall–Kier alpha value is -1.86. The number of halogens is 1. The van der Waals surface area contributed by atoms with E-state index in [4.69, 9.17) is 4.42 Å². The largest absolute Gasteiger partial charge is 0.417 e. The average molecular weight is 337 g/mol. The van der Waals surface area contributed by atoms with Crippen molar-refractivity contribution in [1.29, 1.82) is 0 Å². The first-order valence-electron chi connectivity index (χ1n) is 6.19. The zero-order valence-corrected chi connectivity index (χ0v) is 12.4. The van der Waals surface area contributed by atoms with Crippen molar-refractivity contribution >= 4 is 27.0 Å². The van der Waals surface area contributed by atoms with Gasteiger partial charge in [0.1, 0.15) is 5.69 Å². The number of aromatic nitrogens is 3. The van der Waals surface area contributed by atoms with Crippen molar-refractivity contribution in [2.75, 3.05) is 13.6 Å². The molecule has 3 N–H and O–H groups in total. The molecule has 0 aliphatic heterocycles. The molecule has 0 amide bonds. The molecule has 0 aliphatic rings. The number of hydrogen-bond donors (Lipinski definition) is 3. The number of benzene rings is 1. The van der Waals surface area contributed by atoms with E-state index in [1.807, 2.05) is 19.2 Å². The van der Waals surface area contributed by atoms with Crippen LogP contribution >= 0.6 is 15.9 Å². The third kappa shape index (κ3) is 2.30. The standard InChI is InChI=1S/C13H13BrN4O2/c1-15-5-4-8-11(14)12(18-17-8)7-2-3-10-9(6-7)16-13(19)20-10/h2-3,6,15H,4-5H2,1H3,(H,16,19)(H,17,18). The number of nitrogens with one attached hydrogen (secondary N) is 3. The van der Waals surface area contributed by atoms with Gasteiger partial charge in [-0.2, -0.15) is 5.10 Å². The van der Waals surface area contributed by atoms with Gasteiger partial charge < -0.3 is 9.73 Å². The van der Waals surface area contributed by atoms with E-state index < -0.39 is 5.76 Å². The van der Waals surface area contributed by atoms with Crippen molar-refractivity contribution < 1.29 is 4.42 Å². The van der Waals surface area contributed by atoms with Crippen molar-refractivity contribution in [1.82, 2.24) is 20.5 Å². The molecule has 7 heteroatoms. The molecule has 0 atom stereocenters. The van der Waals surface area contributed by atoms with Crippen LogP contribution in [0.2, 0.25) is 0 Å². The van der Waals surface area contributed by atoms with E-state index in [9.17, 15) is 4.79 Å². The molecular formula is C13H13BrN4O2. The van der Waals surface area contributed by atoms with Gasteiger partial charge >= 0.3 is 5.76 Å². The molecule has 1 aromatic carbocycles. The number of nitrogens with zero attached hydrogens (tertiary/aromatic N) is 1. The molecule has 2 heterocycles. The van der Waals surface area contributed by atoms with Gasteiger partial charge in [-0.05, 0) is 41.2 Å². The zero-order valence-electron chi connectivity index (χ0n) is 10.8. The fourth-order valence-corrected chi connectivity index (χ4v) is 2.68. The van der Waals surface area contributed by atoms with Crippen LogP contribution in [0.1, 0.15) is 5.69 Å². The minimum atomic E-state index is -0.451. The smallest absolute Gasteiger partial charge is 0.408 e. The van der Waals surface area contributed by atoms with Gasteiger partial charge in [0.2, 0.25) is 0 Å². The number of rotatable bonds is 4. The molecular weight excluding hydrogens is 324 g/mol. The van der Waals surface area contributed by atoms with Gasteiger partial charge in [-0.25, -0.2) is 4.79 Å². The van der Waals surface area contributed by atoms with Crippen molar-refractivity contribution in [2.45, 2.75) is 6.42 Å². The van der Waals surface area contributed by atoms with E-state index >= 15 is 0 Å². The van der Waals surface area contributed by atoms with Crippen molar-refractivity contribution in [3.8, 4) is 11.3 Å². The maximum atomic E-state index is 11.2. The number of aromatic amines is 2. The fourth-order valence-electron chi connectivity index (χ4n) is 2.07. The molecule has 0 unspecified atom stereocenters. The Kier molecular flexibility index (Phi) is 3.45. The Morgan fingerprint density at radius 2 is 2.30 bits per heavy atom. The molecule has 3 aromatic rings. The van der Waals surface area contributed by atoms with Gasteiger partial charge in [0.05, 0.1) is 15.7 Å². The molecule has 3 rings (SSSR count). The van der Waals surface area contributed by atoms with Gasteiger partial charge in [0, 0.05) is 18.5 Å². The summed E-state index contributed by atoms with van der Waals surface area (Å²) in [4.78, 5) is 13.8. The number of likely N-dealkylation sites (N-methyl/N-ethyl adjacent to an activating group) is 1. The molecule has 0 bridgehead atoms. The molecule has 104 valence electrons. The van der Waals surface area contributed by atoms with E-state index in [2.05, 4.69) is 36.4 Å². The van der Waals surface area contributed by atoms with Crippen LogP contribution in [0.3, 0.4) is 0 Å². The van der Waals surface area contributed by atoms with Gasteiger partial charge in [-0.15, -0.1) is 0 Å². The van der Waals surface area contributed by atoms with Gasteiger partial charge in [0.25, 0.3) is 0 Å². The summed E-state index contributed by atoms with van der Waals surface area (Å²) >= 11 is 3.57. The van der Waals surface area contributed by atoms with E-state index in [1.54, 1.807) is 6.07 Å². The van der Waals surface area contributed by atoms with Crippen molar-refractivity contribution in [3.05, 3.63) is 38.9 Å². The molecule has 6 nitrogen and oxygen atoms in total. The van der Waals surface area contributed by atoms with E-state index in [0.717, 1.165) is 34.4 Å². The van der Waals surface area contributed by atoms with Crippen LogP contribution in [0.5, 0.6) is 0 Å². The Morgan fingerprint density at radius 3 is 3.10 bits per heavy atom. The quantitative estimate of drug-likeness (QED) is 0.680. The Labute approximate surface area is 122 Å². The SMILES string of the molecule is CNCCc1[nH]nc(-c2ccc3oc(=O)[nH]c3c2)c1Br. The highest BCUT2D eigenvalue weighted by molar-refractivity contribution is 9.10. The predicted octanol–water partition coefficient (Wildman–Crippen LogP) is 2.04. The van der Waals surface area contributed by atoms with Crippen LogP contribution in [-0.4, -0.2) is 28.8 Å². The monoisotopic (exact) mass is 336 g/mol. The molecule has 0 fully saturated rings. The summed E-state index contributed by atoms with van der Waals surface area (Å²) in [5.74, 6) is -0.451. The Bertz CT molecular complexity index is 802. The first kappa shape index (κ1) is 13.1. The van der Waals surface area contributed by atoms with E-state index in [-0.39, 0.29) is 0 Å². The van der Waals surface area contributed by atoms with Gasteiger partial charge in [-0.1, -0.05) is 0 Å². The maximum absolute atomic E-state index is 11.2. The number of fused-ring (bicyclic) bond motifs is 1. The van der Waals surface area contributed by atoms with Crippen LogP contribution in [0, 0.1) is 0 Å². The topological polar surface area (TPSA) is 86.7 Å². The number of H-pyrrole nitrogens is 2. The summed E-state index contributed by atoms with van der Waals surface area (Å²) in [5.41, 5.74) is 3.98. The highest BCUT2D eigenvalue weighted by atomic mass is 79.9. The molecule has 0 saturated carbocycles. The summed E-state index contributed by atoms with van der Waals surface area (Å²) in [7, 11) is 1.91. The normalized spacial score (nSPS) is 11.3. The van der Waals surface area contributed by atoms with Crippen LogP contribution in [0.25, 0.3) is 22.4 Å². The first-order valence-corrected chi connectivity index (χ1v) is 6.99. The predicted molar refractivity (Wildman–Crippen MR) is 79.7 cm³/mol. The third-order valence-electron chi connectivity index (χ3n) is 3.09. The number of oxazole rings is 1. The lowest BCUT2D eigenvalue weighted by Crippen LogP contribution is -2.10. The highest BCUT2D eigenvalue weighted by Gasteiger charge is 2.13. The molecule has 0 aliphatic carbocycles. The Balaban J connectivity index is 2.01. The highest BCUT2D eigenvalue weighted by Crippen LogP contribution is 2.30. The zero-order chi connectivity index (χ0) is 14.1. The molecule has 2 aromatic heterocycles.